The number of carbonyl (C=O) groups is 3. The zero-order valence-corrected chi connectivity index (χ0v) is 21.1. The summed E-state index contributed by atoms with van der Waals surface area (Å²) in [4.78, 5) is 46.8. The molecule has 2 aliphatic heterocycles. The number of ketones is 1. The maximum atomic E-state index is 13.0. The van der Waals surface area contributed by atoms with E-state index in [1.165, 1.54) is 24.7 Å². The zero-order valence-electron chi connectivity index (χ0n) is 21.1. The molecule has 1 aromatic carbocycles. The van der Waals surface area contributed by atoms with E-state index >= 15 is 0 Å². The summed E-state index contributed by atoms with van der Waals surface area (Å²) in [6, 6.07) is 11.2. The van der Waals surface area contributed by atoms with E-state index in [9.17, 15) is 14.4 Å². The average Bonchev–Trinajstić information content (AvgIpc) is 3.47. The van der Waals surface area contributed by atoms with Crippen LogP contribution in [0.5, 0.6) is 0 Å². The Morgan fingerprint density at radius 3 is 2.25 bits per heavy atom. The number of amides is 2. The van der Waals surface area contributed by atoms with Crippen molar-refractivity contribution in [2.24, 2.45) is 11.7 Å². The first-order valence-corrected chi connectivity index (χ1v) is 13.2. The molecule has 8 heteroatoms. The second-order valence-corrected chi connectivity index (χ2v) is 9.76. The summed E-state index contributed by atoms with van der Waals surface area (Å²) in [6.45, 7) is 5.71. The fourth-order valence-corrected chi connectivity index (χ4v) is 5.06. The standard InChI is InChI=1S/C28H37N5O3/c1-2-23(11-14-29)31-27(35)22-7-10-25(30-19-22)28(36)33-17-12-21(13-18-33)26(34)20-5-8-24(9-6-20)32-15-3-4-16-32/h5-10,19,21,23H,2-4,11-18,29H2,1H3,(H,31,35). The topological polar surface area (TPSA) is 109 Å². The molecule has 2 saturated heterocycles. The van der Waals surface area contributed by atoms with Crippen molar-refractivity contribution in [1.82, 2.24) is 15.2 Å². The van der Waals surface area contributed by atoms with Crippen LogP contribution in [0.3, 0.4) is 0 Å². The minimum Gasteiger partial charge on any atom is -0.372 e. The van der Waals surface area contributed by atoms with E-state index in [0.29, 0.717) is 50.2 Å². The number of benzene rings is 1. The van der Waals surface area contributed by atoms with E-state index in [4.69, 9.17) is 5.73 Å². The quantitative estimate of drug-likeness (QED) is 0.521. The number of anilines is 1. The number of nitrogens with one attached hydrogen (secondary N) is 1. The van der Waals surface area contributed by atoms with Gasteiger partial charge in [0.05, 0.1) is 5.56 Å². The summed E-state index contributed by atoms with van der Waals surface area (Å²) in [5, 5.41) is 2.95. The van der Waals surface area contributed by atoms with Gasteiger partial charge in [0, 0.05) is 55.6 Å². The lowest BCUT2D eigenvalue weighted by Gasteiger charge is -2.31. The largest absolute Gasteiger partial charge is 0.372 e. The number of Topliss-reactive ketones (excluding diaryl/α,β-unsaturated/α-hetero) is 1. The molecule has 0 aliphatic carbocycles. The predicted molar refractivity (Wildman–Crippen MR) is 140 cm³/mol. The normalized spacial score (nSPS) is 17.2. The van der Waals surface area contributed by atoms with Crippen molar-refractivity contribution in [1.29, 1.82) is 0 Å². The number of hydrogen-bond acceptors (Lipinski definition) is 6. The van der Waals surface area contributed by atoms with Crippen molar-refractivity contribution in [3.05, 3.63) is 59.4 Å². The smallest absolute Gasteiger partial charge is 0.272 e. The highest BCUT2D eigenvalue weighted by Crippen LogP contribution is 2.25. The maximum absolute atomic E-state index is 13.0. The fraction of sp³-hybridized carbons (Fsp3) is 0.500. The van der Waals surface area contributed by atoms with Crippen LogP contribution >= 0.6 is 0 Å². The van der Waals surface area contributed by atoms with Gasteiger partial charge in [-0.1, -0.05) is 6.92 Å². The van der Waals surface area contributed by atoms with E-state index in [-0.39, 0.29) is 29.6 Å². The highest BCUT2D eigenvalue weighted by molar-refractivity contribution is 5.99. The molecule has 192 valence electrons. The molecule has 0 spiro atoms. The Hall–Kier alpha value is -3.26. The number of aromatic nitrogens is 1. The third kappa shape index (κ3) is 6.10. The molecule has 1 aromatic heterocycles. The zero-order chi connectivity index (χ0) is 25.5. The van der Waals surface area contributed by atoms with E-state index in [1.807, 2.05) is 31.2 Å². The number of carbonyl (C=O) groups excluding carboxylic acids is 3. The third-order valence-corrected chi connectivity index (χ3v) is 7.36. The molecule has 0 radical (unpaired) electrons. The number of rotatable bonds is 9. The van der Waals surface area contributed by atoms with Gasteiger partial charge in [-0.15, -0.1) is 0 Å². The molecule has 2 aliphatic rings. The van der Waals surface area contributed by atoms with Crippen molar-refractivity contribution in [2.45, 2.75) is 51.5 Å². The van der Waals surface area contributed by atoms with Crippen LogP contribution in [0.1, 0.15) is 76.7 Å². The number of nitrogens with two attached hydrogens (primary N) is 1. The average molecular weight is 492 g/mol. The van der Waals surface area contributed by atoms with Crippen LogP contribution in [0, 0.1) is 5.92 Å². The molecule has 36 heavy (non-hydrogen) atoms. The molecule has 0 bridgehead atoms. The fourth-order valence-electron chi connectivity index (χ4n) is 5.06. The lowest BCUT2D eigenvalue weighted by atomic mass is 9.88. The highest BCUT2D eigenvalue weighted by Gasteiger charge is 2.29. The van der Waals surface area contributed by atoms with E-state index in [2.05, 4.69) is 15.2 Å². The van der Waals surface area contributed by atoms with Gasteiger partial charge in [0.1, 0.15) is 5.69 Å². The Labute approximate surface area is 213 Å². The summed E-state index contributed by atoms with van der Waals surface area (Å²) in [5.41, 5.74) is 8.25. The van der Waals surface area contributed by atoms with E-state index < -0.39 is 0 Å². The van der Waals surface area contributed by atoms with Gasteiger partial charge >= 0.3 is 0 Å². The molecule has 1 atom stereocenters. The summed E-state index contributed by atoms with van der Waals surface area (Å²) in [6.07, 6.45) is 6.68. The minimum atomic E-state index is -0.213. The number of piperidine rings is 1. The van der Waals surface area contributed by atoms with Crippen LogP contribution in [0.4, 0.5) is 5.69 Å². The van der Waals surface area contributed by atoms with Crippen molar-refractivity contribution in [2.75, 3.05) is 37.6 Å². The minimum absolute atomic E-state index is 0.0239. The first-order valence-electron chi connectivity index (χ1n) is 13.2. The van der Waals surface area contributed by atoms with Gasteiger partial charge in [0.2, 0.25) is 0 Å². The van der Waals surface area contributed by atoms with E-state index in [1.54, 1.807) is 17.0 Å². The highest BCUT2D eigenvalue weighted by atomic mass is 16.2. The number of nitrogens with zero attached hydrogens (tertiary/aromatic N) is 3. The number of pyridine rings is 1. The van der Waals surface area contributed by atoms with Crippen molar-refractivity contribution in [3.63, 3.8) is 0 Å². The van der Waals surface area contributed by atoms with Gasteiger partial charge in [-0.3, -0.25) is 19.4 Å². The van der Waals surface area contributed by atoms with Gasteiger partial charge in [-0.25, -0.2) is 0 Å². The van der Waals surface area contributed by atoms with Crippen LogP contribution in [0.2, 0.25) is 0 Å². The lowest BCUT2D eigenvalue weighted by molar-refractivity contribution is 0.0645. The maximum Gasteiger partial charge on any atom is 0.272 e. The second-order valence-electron chi connectivity index (χ2n) is 9.76. The Kier molecular flexibility index (Phi) is 8.70. The lowest BCUT2D eigenvalue weighted by Crippen LogP contribution is -2.40. The molecule has 3 N–H and O–H groups in total. The summed E-state index contributed by atoms with van der Waals surface area (Å²) >= 11 is 0. The van der Waals surface area contributed by atoms with Crippen LogP contribution in [0.15, 0.2) is 42.6 Å². The van der Waals surface area contributed by atoms with E-state index in [0.717, 1.165) is 25.1 Å². The van der Waals surface area contributed by atoms with Gasteiger partial charge in [0.15, 0.2) is 5.78 Å². The molecule has 8 nitrogen and oxygen atoms in total. The molecule has 0 saturated carbocycles. The molecule has 1 unspecified atom stereocenters. The third-order valence-electron chi connectivity index (χ3n) is 7.36. The number of likely N-dealkylation sites (tertiary alicyclic amines) is 1. The molecular formula is C28H37N5O3. The van der Waals surface area contributed by atoms with Crippen molar-refractivity contribution in [3.8, 4) is 0 Å². The molecular weight excluding hydrogens is 454 g/mol. The SMILES string of the molecule is CCC(CCN)NC(=O)c1ccc(C(=O)N2CCC(C(=O)c3ccc(N4CCCC4)cc3)CC2)nc1. The summed E-state index contributed by atoms with van der Waals surface area (Å²) in [7, 11) is 0. The van der Waals surface area contributed by atoms with Gasteiger partial charge in [-0.05, 0) is 81.5 Å². The summed E-state index contributed by atoms with van der Waals surface area (Å²) < 4.78 is 0. The van der Waals surface area contributed by atoms with Crippen molar-refractivity contribution >= 4 is 23.3 Å². The Bertz CT molecular complexity index is 1040. The van der Waals surface area contributed by atoms with Gasteiger partial charge in [-0.2, -0.15) is 0 Å². The van der Waals surface area contributed by atoms with Crippen LogP contribution < -0.4 is 16.0 Å². The number of hydrogen-bond donors (Lipinski definition) is 2. The van der Waals surface area contributed by atoms with Gasteiger partial charge in [0.25, 0.3) is 11.8 Å². The van der Waals surface area contributed by atoms with Crippen LogP contribution in [-0.2, 0) is 0 Å². The predicted octanol–water partition coefficient (Wildman–Crippen LogP) is 3.27. The second kappa shape index (κ2) is 12.1. The molecule has 3 heterocycles. The van der Waals surface area contributed by atoms with Gasteiger partial charge < -0.3 is 20.9 Å². The van der Waals surface area contributed by atoms with Crippen LogP contribution in [-0.4, -0.2) is 66.2 Å². The summed E-state index contributed by atoms with van der Waals surface area (Å²) in [5.74, 6) is -0.304. The van der Waals surface area contributed by atoms with Crippen LogP contribution in [0.25, 0.3) is 0 Å². The Morgan fingerprint density at radius 1 is 1.00 bits per heavy atom. The first-order chi connectivity index (χ1) is 17.5. The Balaban J connectivity index is 1.29. The molecule has 2 amide bonds. The first kappa shape index (κ1) is 25.8. The van der Waals surface area contributed by atoms with Crippen molar-refractivity contribution < 1.29 is 14.4 Å². The molecule has 2 fully saturated rings. The molecule has 2 aromatic rings. The Morgan fingerprint density at radius 2 is 1.67 bits per heavy atom. The molecule has 4 rings (SSSR count). The monoisotopic (exact) mass is 491 g/mol.